The molecule has 5 nitrogen and oxygen atoms in total. The Morgan fingerprint density at radius 1 is 1.38 bits per heavy atom. The Labute approximate surface area is 128 Å². The number of anilines is 1. The van der Waals surface area contributed by atoms with E-state index in [0.29, 0.717) is 12.1 Å². The van der Waals surface area contributed by atoms with E-state index < -0.39 is 0 Å². The van der Waals surface area contributed by atoms with Crippen molar-refractivity contribution in [1.29, 1.82) is 0 Å². The van der Waals surface area contributed by atoms with Crippen LogP contribution >= 0.6 is 11.3 Å². The molecule has 0 atom stereocenters. The highest BCUT2D eigenvalue weighted by Crippen LogP contribution is 2.14. The van der Waals surface area contributed by atoms with Crippen LogP contribution in [0.3, 0.4) is 0 Å². The van der Waals surface area contributed by atoms with Gasteiger partial charge in [0.25, 0.3) is 5.91 Å². The van der Waals surface area contributed by atoms with Gasteiger partial charge < -0.3 is 10.6 Å². The second-order valence-corrected chi connectivity index (χ2v) is 6.08. The number of thiazole rings is 1. The van der Waals surface area contributed by atoms with Crippen molar-refractivity contribution in [2.45, 2.75) is 33.2 Å². The molecule has 2 rings (SSSR count). The van der Waals surface area contributed by atoms with Crippen LogP contribution in [-0.2, 0) is 13.0 Å². The molecule has 0 bridgehead atoms. The van der Waals surface area contributed by atoms with Crippen LogP contribution in [0.15, 0.2) is 18.3 Å². The topological polar surface area (TPSA) is 66.9 Å². The Morgan fingerprint density at radius 3 is 2.81 bits per heavy atom. The van der Waals surface area contributed by atoms with E-state index in [1.54, 1.807) is 30.6 Å². The van der Waals surface area contributed by atoms with Crippen LogP contribution in [0.2, 0.25) is 0 Å². The van der Waals surface area contributed by atoms with Gasteiger partial charge in [-0.05, 0) is 25.5 Å². The van der Waals surface area contributed by atoms with Crippen LogP contribution in [0.5, 0.6) is 0 Å². The van der Waals surface area contributed by atoms with Crippen molar-refractivity contribution < 1.29 is 4.79 Å². The van der Waals surface area contributed by atoms with Crippen molar-refractivity contribution in [2.75, 3.05) is 12.4 Å². The zero-order chi connectivity index (χ0) is 15.2. The average Bonchev–Trinajstić information content (AvgIpc) is 2.90. The summed E-state index contributed by atoms with van der Waals surface area (Å²) in [7, 11) is 1.81. The smallest absolute Gasteiger partial charge is 0.251 e. The van der Waals surface area contributed by atoms with E-state index in [9.17, 15) is 4.79 Å². The SMILES string of the molecule is CCCc1cc(C(=O)NCc2cnc(C)s2)cc(NC)n1. The van der Waals surface area contributed by atoms with Gasteiger partial charge in [0.2, 0.25) is 0 Å². The Hall–Kier alpha value is -1.95. The number of aromatic nitrogens is 2. The van der Waals surface area contributed by atoms with Crippen molar-refractivity contribution in [1.82, 2.24) is 15.3 Å². The molecule has 21 heavy (non-hydrogen) atoms. The van der Waals surface area contributed by atoms with Gasteiger partial charge in [-0.1, -0.05) is 13.3 Å². The number of rotatable bonds is 6. The van der Waals surface area contributed by atoms with Crippen LogP contribution in [0.25, 0.3) is 0 Å². The summed E-state index contributed by atoms with van der Waals surface area (Å²) >= 11 is 1.59. The van der Waals surface area contributed by atoms with Gasteiger partial charge in [-0.25, -0.2) is 9.97 Å². The molecule has 0 saturated carbocycles. The fourth-order valence-corrected chi connectivity index (χ4v) is 2.72. The molecule has 0 aliphatic carbocycles. The van der Waals surface area contributed by atoms with E-state index in [1.807, 2.05) is 13.0 Å². The Bertz CT molecular complexity index is 624. The van der Waals surface area contributed by atoms with Gasteiger partial charge >= 0.3 is 0 Å². The minimum Gasteiger partial charge on any atom is -0.373 e. The fourth-order valence-electron chi connectivity index (χ4n) is 1.99. The Kier molecular flexibility index (Phi) is 5.27. The molecular weight excluding hydrogens is 284 g/mol. The maximum Gasteiger partial charge on any atom is 0.251 e. The van der Waals surface area contributed by atoms with Gasteiger partial charge in [0.15, 0.2) is 0 Å². The van der Waals surface area contributed by atoms with E-state index >= 15 is 0 Å². The summed E-state index contributed by atoms with van der Waals surface area (Å²) < 4.78 is 0. The van der Waals surface area contributed by atoms with Crippen LogP contribution in [0.1, 0.15) is 39.3 Å². The summed E-state index contributed by atoms with van der Waals surface area (Å²) in [5, 5.41) is 6.93. The highest BCUT2D eigenvalue weighted by Gasteiger charge is 2.10. The molecule has 0 fully saturated rings. The third-order valence-electron chi connectivity index (χ3n) is 3.00. The molecular formula is C15H20N4OS. The number of carbonyl (C=O) groups excluding carboxylic acids is 1. The molecule has 2 aromatic rings. The second-order valence-electron chi connectivity index (χ2n) is 4.76. The first-order chi connectivity index (χ1) is 10.1. The third-order valence-corrected chi connectivity index (χ3v) is 3.91. The lowest BCUT2D eigenvalue weighted by Gasteiger charge is -2.08. The summed E-state index contributed by atoms with van der Waals surface area (Å²) in [5.74, 6) is 0.636. The van der Waals surface area contributed by atoms with Gasteiger partial charge in [0.05, 0.1) is 11.6 Å². The van der Waals surface area contributed by atoms with Gasteiger partial charge in [-0.2, -0.15) is 0 Å². The highest BCUT2D eigenvalue weighted by molar-refractivity contribution is 7.11. The molecule has 2 heterocycles. The molecule has 0 unspecified atom stereocenters. The molecule has 0 spiro atoms. The van der Waals surface area contributed by atoms with Crippen molar-refractivity contribution >= 4 is 23.1 Å². The molecule has 0 aromatic carbocycles. The summed E-state index contributed by atoms with van der Waals surface area (Å²) in [6, 6.07) is 3.63. The van der Waals surface area contributed by atoms with Gasteiger partial charge in [-0.15, -0.1) is 11.3 Å². The third kappa shape index (κ3) is 4.26. The second kappa shape index (κ2) is 7.17. The van der Waals surface area contributed by atoms with Crippen LogP contribution in [0, 0.1) is 6.92 Å². The first-order valence-corrected chi connectivity index (χ1v) is 7.82. The molecule has 2 aromatic heterocycles. The summed E-state index contributed by atoms with van der Waals surface area (Å²) in [5.41, 5.74) is 1.57. The highest BCUT2D eigenvalue weighted by atomic mass is 32.1. The number of carbonyl (C=O) groups is 1. The Morgan fingerprint density at radius 2 is 2.19 bits per heavy atom. The van der Waals surface area contributed by atoms with Gasteiger partial charge in [-0.3, -0.25) is 4.79 Å². The summed E-state index contributed by atoms with van der Waals surface area (Å²) in [4.78, 5) is 21.9. The molecule has 0 saturated heterocycles. The quantitative estimate of drug-likeness (QED) is 0.861. The minimum absolute atomic E-state index is 0.0858. The molecule has 6 heteroatoms. The molecule has 0 aliphatic heterocycles. The monoisotopic (exact) mass is 304 g/mol. The zero-order valence-corrected chi connectivity index (χ0v) is 13.4. The first kappa shape index (κ1) is 15.4. The van der Waals surface area contributed by atoms with Gasteiger partial charge in [0, 0.05) is 29.4 Å². The van der Waals surface area contributed by atoms with Crippen LogP contribution in [-0.4, -0.2) is 22.9 Å². The van der Waals surface area contributed by atoms with Gasteiger partial charge in [0.1, 0.15) is 5.82 Å². The maximum absolute atomic E-state index is 12.3. The van der Waals surface area contributed by atoms with Crippen molar-refractivity contribution in [2.24, 2.45) is 0 Å². The van der Waals surface area contributed by atoms with E-state index in [4.69, 9.17) is 0 Å². The molecule has 1 amide bonds. The van der Waals surface area contributed by atoms with E-state index in [2.05, 4.69) is 27.5 Å². The van der Waals surface area contributed by atoms with Crippen LogP contribution < -0.4 is 10.6 Å². The number of hydrogen-bond acceptors (Lipinski definition) is 5. The molecule has 2 N–H and O–H groups in total. The van der Waals surface area contributed by atoms with Crippen LogP contribution in [0.4, 0.5) is 5.82 Å². The lowest BCUT2D eigenvalue weighted by atomic mass is 10.1. The lowest BCUT2D eigenvalue weighted by molar-refractivity contribution is 0.0951. The number of aryl methyl sites for hydroxylation is 2. The molecule has 0 aliphatic rings. The number of pyridine rings is 1. The number of nitrogens with zero attached hydrogens (tertiary/aromatic N) is 2. The largest absolute Gasteiger partial charge is 0.373 e. The summed E-state index contributed by atoms with van der Waals surface area (Å²) in [6.45, 7) is 4.55. The fraction of sp³-hybridized carbons (Fsp3) is 0.400. The molecule has 0 radical (unpaired) electrons. The zero-order valence-electron chi connectivity index (χ0n) is 12.6. The predicted octanol–water partition coefficient (Wildman–Crippen LogP) is 2.77. The van der Waals surface area contributed by atoms with E-state index in [0.717, 1.165) is 34.2 Å². The number of hydrogen-bond donors (Lipinski definition) is 2. The van der Waals surface area contributed by atoms with E-state index in [-0.39, 0.29) is 5.91 Å². The van der Waals surface area contributed by atoms with E-state index in [1.165, 1.54) is 0 Å². The minimum atomic E-state index is -0.0858. The van der Waals surface area contributed by atoms with Crippen molar-refractivity contribution in [3.63, 3.8) is 0 Å². The molecule has 112 valence electrons. The summed E-state index contributed by atoms with van der Waals surface area (Å²) in [6.07, 6.45) is 3.67. The van der Waals surface area contributed by atoms with Crippen molar-refractivity contribution in [3.8, 4) is 0 Å². The number of nitrogens with one attached hydrogen (secondary N) is 2. The maximum atomic E-state index is 12.3. The normalized spacial score (nSPS) is 10.4. The van der Waals surface area contributed by atoms with Crippen molar-refractivity contribution in [3.05, 3.63) is 39.5 Å². The lowest BCUT2D eigenvalue weighted by Crippen LogP contribution is -2.22. The predicted molar refractivity (Wildman–Crippen MR) is 85.8 cm³/mol. The number of amides is 1. The average molecular weight is 304 g/mol. The first-order valence-electron chi connectivity index (χ1n) is 7.00. The standard InChI is InChI=1S/C15H20N4OS/c1-4-5-12-6-11(7-14(16-3)19-12)15(20)18-9-13-8-17-10(2)21-13/h6-8H,4-5,9H2,1-3H3,(H,16,19)(H,18,20). The Balaban J connectivity index is 2.08.